The molecule has 0 aliphatic carbocycles. The molecule has 0 radical (unpaired) electrons. The van der Waals surface area contributed by atoms with Crippen molar-refractivity contribution < 1.29 is 14.3 Å². The third-order valence-electron chi connectivity index (χ3n) is 6.16. The van der Waals surface area contributed by atoms with Crippen LogP contribution in [-0.2, 0) is 22.5 Å². The average Bonchev–Trinajstić information content (AvgIpc) is 2.92. The number of anilines is 1. The Balaban J connectivity index is 1.56. The van der Waals surface area contributed by atoms with E-state index in [4.69, 9.17) is 21.3 Å². The zero-order valence-electron chi connectivity index (χ0n) is 22.0. The van der Waals surface area contributed by atoms with Gasteiger partial charge in [-0.15, -0.1) is 0 Å². The van der Waals surface area contributed by atoms with Crippen molar-refractivity contribution in [3.63, 3.8) is 0 Å². The van der Waals surface area contributed by atoms with Gasteiger partial charge in [0.25, 0.3) is 5.56 Å². The number of nitrogens with zero attached hydrogens (tertiary/aromatic N) is 2. The number of amides is 2. The molecule has 0 saturated carbocycles. The van der Waals surface area contributed by atoms with E-state index in [1.54, 1.807) is 29.7 Å². The van der Waals surface area contributed by atoms with E-state index < -0.39 is 6.03 Å². The first-order chi connectivity index (χ1) is 18.9. The fourth-order valence-electron chi connectivity index (χ4n) is 4.28. The van der Waals surface area contributed by atoms with Gasteiger partial charge in [-0.2, -0.15) is 0 Å². The number of rotatable bonds is 10. The second-order valence-corrected chi connectivity index (χ2v) is 9.42. The van der Waals surface area contributed by atoms with Crippen LogP contribution in [0, 0.1) is 0 Å². The smallest absolute Gasteiger partial charge is 0.319 e. The Hall–Kier alpha value is -4.17. The summed E-state index contributed by atoms with van der Waals surface area (Å²) in [6, 6.07) is 20.2. The average molecular weight is 547 g/mol. The molecule has 0 unspecified atom stereocenters. The quantitative estimate of drug-likeness (QED) is 0.245. The number of aryl methyl sites for hydroxylation is 1. The Morgan fingerprint density at radius 3 is 2.51 bits per heavy atom. The summed E-state index contributed by atoms with van der Waals surface area (Å²) in [4.78, 5) is 42.2. The molecule has 2 amide bonds. The lowest BCUT2D eigenvalue weighted by Crippen LogP contribution is -2.31. The van der Waals surface area contributed by atoms with E-state index in [0.717, 1.165) is 23.1 Å². The number of fused-ring (bicyclic) bond motifs is 1. The summed E-state index contributed by atoms with van der Waals surface area (Å²) in [6.07, 6.45) is 1.58. The molecule has 0 spiro atoms. The van der Waals surface area contributed by atoms with Crippen molar-refractivity contribution in [2.75, 3.05) is 18.5 Å². The highest BCUT2D eigenvalue weighted by Crippen LogP contribution is 2.27. The molecule has 0 fully saturated rings. The van der Waals surface area contributed by atoms with Crippen molar-refractivity contribution in [1.29, 1.82) is 0 Å². The van der Waals surface area contributed by atoms with Gasteiger partial charge in [0.05, 0.1) is 30.5 Å². The third-order valence-corrected chi connectivity index (χ3v) is 6.49. The number of hydrogen-bond acceptors (Lipinski definition) is 5. The van der Waals surface area contributed by atoms with Gasteiger partial charge in [0, 0.05) is 29.2 Å². The number of carbonyl (C=O) groups excluding carboxylic acids is 2. The van der Waals surface area contributed by atoms with Gasteiger partial charge in [-0.05, 0) is 48.7 Å². The molecule has 4 aromatic rings. The topological polar surface area (TPSA) is 102 Å². The lowest BCUT2D eigenvalue weighted by Gasteiger charge is -2.15. The molecule has 3 aromatic carbocycles. The largest absolute Gasteiger partial charge is 0.466 e. The van der Waals surface area contributed by atoms with Crippen LogP contribution in [0.2, 0.25) is 5.02 Å². The highest BCUT2D eigenvalue weighted by Gasteiger charge is 2.13. The number of halogens is 1. The summed E-state index contributed by atoms with van der Waals surface area (Å²) in [5, 5.41) is 6.42. The standard InChI is InChI=1S/C30H31ClN4O4/c1-3-7-27-34-26-15-14-22(33-30(38)32-17-16-28(36)39-4-2)18-24(26)29(37)35(27)19-20-10-12-21(13-11-20)23-8-5-6-9-25(23)31/h5-6,8-15,18H,3-4,7,16-17,19H2,1-2H3,(H2,32,33,38). The monoisotopic (exact) mass is 546 g/mol. The highest BCUT2D eigenvalue weighted by molar-refractivity contribution is 6.33. The van der Waals surface area contributed by atoms with E-state index in [2.05, 4.69) is 10.6 Å². The van der Waals surface area contributed by atoms with Gasteiger partial charge in [0.2, 0.25) is 0 Å². The molecule has 8 nitrogen and oxygen atoms in total. The third kappa shape index (κ3) is 7.03. The first-order valence-electron chi connectivity index (χ1n) is 13.0. The number of urea groups is 1. The number of hydrogen-bond donors (Lipinski definition) is 2. The van der Waals surface area contributed by atoms with E-state index in [-0.39, 0.29) is 24.5 Å². The molecular formula is C30H31ClN4O4. The fourth-order valence-corrected chi connectivity index (χ4v) is 4.52. The van der Waals surface area contributed by atoms with Crippen LogP contribution in [0.1, 0.15) is 38.1 Å². The molecule has 9 heteroatoms. The van der Waals surface area contributed by atoms with E-state index >= 15 is 0 Å². The zero-order chi connectivity index (χ0) is 27.8. The van der Waals surface area contributed by atoms with E-state index in [9.17, 15) is 14.4 Å². The zero-order valence-corrected chi connectivity index (χ0v) is 22.8. The van der Waals surface area contributed by atoms with Crippen LogP contribution in [0.15, 0.2) is 71.5 Å². The van der Waals surface area contributed by atoms with Gasteiger partial charge in [0.1, 0.15) is 5.82 Å². The molecular weight excluding hydrogens is 516 g/mol. The predicted molar refractivity (Wildman–Crippen MR) is 154 cm³/mol. The molecule has 39 heavy (non-hydrogen) atoms. The molecule has 0 saturated heterocycles. The van der Waals surface area contributed by atoms with Crippen LogP contribution in [0.5, 0.6) is 0 Å². The molecule has 202 valence electrons. The SMILES string of the molecule is CCCc1nc2ccc(NC(=O)NCCC(=O)OCC)cc2c(=O)n1Cc1ccc(-c2ccccc2Cl)cc1. The van der Waals surface area contributed by atoms with E-state index in [1.165, 1.54) is 0 Å². The van der Waals surface area contributed by atoms with Crippen LogP contribution in [-0.4, -0.2) is 34.7 Å². The van der Waals surface area contributed by atoms with Gasteiger partial charge >= 0.3 is 12.0 Å². The van der Waals surface area contributed by atoms with Crippen LogP contribution in [0.4, 0.5) is 10.5 Å². The summed E-state index contributed by atoms with van der Waals surface area (Å²) >= 11 is 6.35. The number of aromatic nitrogens is 2. The highest BCUT2D eigenvalue weighted by atomic mass is 35.5. The van der Waals surface area contributed by atoms with Crippen molar-refractivity contribution in [2.45, 2.75) is 39.7 Å². The summed E-state index contributed by atoms with van der Waals surface area (Å²) < 4.78 is 6.55. The Labute approximate surface area is 232 Å². The minimum Gasteiger partial charge on any atom is -0.466 e. The van der Waals surface area contributed by atoms with Gasteiger partial charge in [0.15, 0.2) is 0 Å². The van der Waals surface area contributed by atoms with E-state index in [0.29, 0.717) is 47.0 Å². The lowest BCUT2D eigenvalue weighted by atomic mass is 10.0. The number of nitrogens with one attached hydrogen (secondary N) is 2. The number of benzene rings is 3. The maximum atomic E-state index is 13.6. The Morgan fingerprint density at radius 2 is 1.79 bits per heavy atom. The van der Waals surface area contributed by atoms with Crippen LogP contribution >= 0.6 is 11.6 Å². The van der Waals surface area contributed by atoms with E-state index in [1.807, 2.05) is 55.5 Å². The molecule has 0 aliphatic rings. The Kier molecular flexibility index (Phi) is 9.33. The first-order valence-corrected chi connectivity index (χ1v) is 13.3. The van der Waals surface area contributed by atoms with Crippen LogP contribution < -0.4 is 16.2 Å². The van der Waals surface area contributed by atoms with Crippen molar-refractivity contribution in [3.8, 4) is 11.1 Å². The minimum absolute atomic E-state index is 0.0766. The molecule has 1 heterocycles. The van der Waals surface area contributed by atoms with Crippen molar-refractivity contribution >= 4 is 40.2 Å². The van der Waals surface area contributed by atoms with Crippen molar-refractivity contribution in [1.82, 2.24) is 14.9 Å². The summed E-state index contributed by atoms with van der Waals surface area (Å²) in [6.45, 7) is 4.58. The maximum Gasteiger partial charge on any atom is 0.319 e. The second-order valence-electron chi connectivity index (χ2n) is 9.01. The van der Waals surface area contributed by atoms with Gasteiger partial charge < -0.3 is 15.4 Å². The van der Waals surface area contributed by atoms with Crippen LogP contribution in [0.25, 0.3) is 22.0 Å². The van der Waals surface area contributed by atoms with Gasteiger partial charge in [-0.25, -0.2) is 9.78 Å². The Bertz CT molecular complexity index is 1530. The summed E-state index contributed by atoms with van der Waals surface area (Å²) in [5.41, 5.74) is 3.76. The summed E-state index contributed by atoms with van der Waals surface area (Å²) in [5.74, 6) is 0.333. The number of esters is 1. The molecule has 0 aliphatic heterocycles. The van der Waals surface area contributed by atoms with Gasteiger partial charge in [-0.1, -0.05) is 61.0 Å². The van der Waals surface area contributed by atoms with Crippen molar-refractivity contribution in [3.05, 3.63) is 93.5 Å². The molecule has 0 bridgehead atoms. The fraction of sp³-hybridized carbons (Fsp3) is 0.267. The summed E-state index contributed by atoms with van der Waals surface area (Å²) in [7, 11) is 0. The Morgan fingerprint density at radius 1 is 1.03 bits per heavy atom. The molecule has 1 aromatic heterocycles. The van der Waals surface area contributed by atoms with Crippen LogP contribution in [0.3, 0.4) is 0 Å². The molecule has 0 atom stereocenters. The number of carbonyl (C=O) groups is 2. The van der Waals surface area contributed by atoms with Gasteiger partial charge in [-0.3, -0.25) is 14.2 Å². The molecule has 2 N–H and O–H groups in total. The second kappa shape index (κ2) is 13.1. The maximum absolute atomic E-state index is 13.6. The first kappa shape index (κ1) is 27.9. The molecule has 4 rings (SSSR count). The van der Waals surface area contributed by atoms with Crippen molar-refractivity contribution in [2.24, 2.45) is 0 Å². The normalized spacial score (nSPS) is 10.8. The number of ether oxygens (including phenoxy) is 1. The minimum atomic E-state index is -0.479. The predicted octanol–water partition coefficient (Wildman–Crippen LogP) is 5.79. The lowest BCUT2D eigenvalue weighted by molar-refractivity contribution is -0.142.